The van der Waals surface area contributed by atoms with Crippen molar-refractivity contribution in [2.24, 2.45) is 5.92 Å². The van der Waals surface area contributed by atoms with Gasteiger partial charge in [0.2, 0.25) is 0 Å². The van der Waals surface area contributed by atoms with Crippen LogP contribution >= 0.6 is 0 Å². The van der Waals surface area contributed by atoms with Gasteiger partial charge in [-0.05, 0) is 13.3 Å². The number of hydrogen-bond acceptors (Lipinski definition) is 4. The number of hydrogen-bond donors (Lipinski definition) is 2. The molecule has 1 aromatic heterocycles. The Kier molecular flexibility index (Phi) is 3.50. The number of likely N-dealkylation sites (tertiary alicyclic amines) is 1. The van der Waals surface area contributed by atoms with E-state index in [9.17, 15) is 9.59 Å². The van der Waals surface area contributed by atoms with Crippen molar-refractivity contribution in [2.75, 3.05) is 6.54 Å². The molecular formula is C11H15N3O4. The van der Waals surface area contributed by atoms with E-state index in [4.69, 9.17) is 9.63 Å². The molecule has 2 unspecified atom stereocenters. The average molecular weight is 253 g/mol. The fourth-order valence-corrected chi connectivity index (χ4v) is 2.15. The lowest BCUT2D eigenvalue weighted by Crippen LogP contribution is -2.43. The molecule has 1 aromatic rings. The lowest BCUT2D eigenvalue weighted by atomic mass is 10.0. The molecule has 2 amide bonds. The number of aliphatic carboxylic acids is 1. The van der Waals surface area contributed by atoms with Gasteiger partial charge in [0.1, 0.15) is 0 Å². The molecule has 7 nitrogen and oxygen atoms in total. The van der Waals surface area contributed by atoms with E-state index in [1.807, 2.05) is 0 Å². The maximum atomic E-state index is 11.9. The van der Waals surface area contributed by atoms with Gasteiger partial charge in [-0.15, -0.1) is 0 Å². The van der Waals surface area contributed by atoms with Crippen LogP contribution in [0.2, 0.25) is 0 Å². The fraction of sp³-hybridized carbons (Fsp3) is 0.545. The molecule has 1 fully saturated rings. The number of rotatable bonds is 3. The topological polar surface area (TPSA) is 95.7 Å². The van der Waals surface area contributed by atoms with E-state index in [0.717, 1.165) is 0 Å². The van der Waals surface area contributed by atoms with Crippen molar-refractivity contribution in [1.29, 1.82) is 0 Å². The Morgan fingerprint density at radius 2 is 2.44 bits per heavy atom. The van der Waals surface area contributed by atoms with Crippen LogP contribution in [0.4, 0.5) is 4.79 Å². The maximum Gasteiger partial charge on any atom is 0.318 e. The number of aromatic nitrogens is 1. The van der Waals surface area contributed by atoms with E-state index in [1.165, 1.54) is 11.1 Å². The molecule has 0 saturated carbocycles. The highest BCUT2D eigenvalue weighted by Gasteiger charge is 2.37. The summed E-state index contributed by atoms with van der Waals surface area (Å²) in [5, 5.41) is 15.2. The van der Waals surface area contributed by atoms with Crippen LogP contribution in [-0.4, -0.2) is 39.8 Å². The molecule has 1 aliphatic rings. The van der Waals surface area contributed by atoms with Crippen LogP contribution in [0.3, 0.4) is 0 Å². The smallest absolute Gasteiger partial charge is 0.318 e. The zero-order valence-corrected chi connectivity index (χ0v) is 10.00. The van der Waals surface area contributed by atoms with Gasteiger partial charge < -0.3 is 19.8 Å². The van der Waals surface area contributed by atoms with E-state index in [1.54, 1.807) is 13.0 Å². The number of amides is 2. The first-order valence-electron chi connectivity index (χ1n) is 5.76. The summed E-state index contributed by atoms with van der Waals surface area (Å²) in [6.45, 7) is 2.46. The molecule has 7 heteroatoms. The number of carboxylic acid groups (broad SMARTS) is 1. The van der Waals surface area contributed by atoms with Crippen molar-refractivity contribution >= 4 is 12.0 Å². The molecule has 0 spiro atoms. The Morgan fingerprint density at radius 3 is 3.00 bits per heavy atom. The first-order valence-corrected chi connectivity index (χ1v) is 5.76. The van der Waals surface area contributed by atoms with Crippen molar-refractivity contribution in [3.63, 3.8) is 0 Å². The molecule has 0 aromatic carbocycles. The predicted molar refractivity (Wildman–Crippen MR) is 60.6 cm³/mol. The summed E-state index contributed by atoms with van der Waals surface area (Å²) in [5.41, 5.74) is 0. The largest absolute Gasteiger partial charge is 0.481 e. The second kappa shape index (κ2) is 5.07. The van der Waals surface area contributed by atoms with E-state index in [-0.39, 0.29) is 18.6 Å². The minimum atomic E-state index is -0.854. The van der Waals surface area contributed by atoms with E-state index in [2.05, 4.69) is 10.5 Å². The maximum absolute atomic E-state index is 11.9. The Morgan fingerprint density at radius 1 is 1.67 bits per heavy atom. The minimum absolute atomic E-state index is 0.250. The highest BCUT2D eigenvalue weighted by Crippen LogP contribution is 2.24. The number of urea groups is 1. The number of carbonyl (C=O) groups is 2. The molecule has 98 valence electrons. The Balaban J connectivity index is 1.88. The predicted octanol–water partition coefficient (Wildman–Crippen LogP) is 0.679. The average Bonchev–Trinajstić information content (AvgIpc) is 2.94. The van der Waals surface area contributed by atoms with Crippen molar-refractivity contribution in [3.8, 4) is 0 Å². The molecule has 2 N–H and O–H groups in total. The van der Waals surface area contributed by atoms with Crippen LogP contribution < -0.4 is 5.32 Å². The molecule has 0 bridgehead atoms. The van der Waals surface area contributed by atoms with Crippen molar-refractivity contribution in [1.82, 2.24) is 15.4 Å². The zero-order chi connectivity index (χ0) is 13.1. The molecule has 1 saturated heterocycles. The van der Waals surface area contributed by atoms with Crippen LogP contribution in [0.15, 0.2) is 16.8 Å². The standard InChI is InChI=1S/C11H15N3O4/c1-7-9(10(15)16)3-5-14(7)11(17)12-6-8-2-4-13-18-8/h2,4,7,9H,3,5-6H2,1H3,(H,12,17)(H,15,16). The highest BCUT2D eigenvalue weighted by molar-refractivity contribution is 5.78. The van der Waals surface area contributed by atoms with Gasteiger partial charge in [-0.1, -0.05) is 5.16 Å². The summed E-state index contributed by atoms with van der Waals surface area (Å²) in [5.74, 6) is -0.779. The fourth-order valence-electron chi connectivity index (χ4n) is 2.15. The first-order chi connectivity index (χ1) is 8.59. The monoisotopic (exact) mass is 253 g/mol. The normalized spacial score (nSPS) is 23.1. The molecule has 18 heavy (non-hydrogen) atoms. The number of carbonyl (C=O) groups excluding carboxylic acids is 1. The third-order valence-electron chi connectivity index (χ3n) is 3.24. The van der Waals surface area contributed by atoms with Crippen molar-refractivity contribution < 1.29 is 19.2 Å². The minimum Gasteiger partial charge on any atom is -0.481 e. The number of carboxylic acids is 1. The van der Waals surface area contributed by atoms with E-state index < -0.39 is 11.9 Å². The van der Waals surface area contributed by atoms with Gasteiger partial charge in [0.05, 0.1) is 18.7 Å². The first kappa shape index (κ1) is 12.4. The summed E-state index contributed by atoms with van der Waals surface area (Å²) in [7, 11) is 0. The lowest BCUT2D eigenvalue weighted by Gasteiger charge is -2.23. The van der Waals surface area contributed by atoms with Crippen molar-refractivity contribution in [2.45, 2.75) is 25.9 Å². The number of nitrogens with zero attached hydrogens (tertiary/aromatic N) is 2. The van der Waals surface area contributed by atoms with Gasteiger partial charge >= 0.3 is 12.0 Å². The molecular weight excluding hydrogens is 238 g/mol. The van der Waals surface area contributed by atoms with Crippen LogP contribution in [0, 0.1) is 5.92 Å². The Labute approximate surface area is 104 Å². The second-order valence-corrected chi connectivity index (χ2v) is 4.30. The molecule has 0 radical (unpaired) electrons. The molecule has 0 aliphatic carbocycles. The van der Waals surface area contributed by atoms with Gasteiger partial charge in [0, 0.05) is 18.7 Å². The Bertz CT molecular complexity index is 432. The van der Waals surface area contributed by atoms with Gasteiger partial charge in [0.25, 0.3) is 0 Å². The van der Waals surface area contributed by atoms with Gasteiger partial charge in [-0.2, -0.15) is 0 Å². The van der Waals surface area contributed by atoms with Gasteiger partial charge in [0.15, 0.2) is 5.76 Å². The SMILES string of the molecule is CC1C(C(=O)O)CCN1C(=O)NCc1ccno1. The molecule has 2 heterocycles. The van der Waals surface area contributed by atoms with E-state index in [0.29, 0.717) is 18.7 Å². The second-order valence-electron chi connectivity index (χ2n) is 4.30. The van der Waals surface area contributed by atoms with Crippen LogP contribution in [0.5, 0.6) is 0 Å². The Hall–Kier alpha value is -2.05. The molecule has 1 aliphatic heterocycles. The summed E-state index contributed by atoms with van der Waals surface area (Å²) in [6, 6.07) is 1.09. The highest BCUT2D eigenvalue weighted by atomic mass is 16.5. The van der Waals surface area contributed by atoms with E-state index >= 15 is 0 Å². The van der Waals surface area contributed by atoms with Crippen LogP contribution in [0.25, 0.3) is 0 Å². The summed E-state index contributed by atoms with van der Waals surface area (Å²) >= 11 is 0. The van der Waals surface area contributed by atoms with Gasteiger partial charge in [-0.3, -0.25) is 4.79 Å². The van der Waals surface area contributed by atoms with Gasteiger partial charge in [-0.25, -0.2) is 4.79 Å². The van der Waals surface area contributed by atoms with Crippen molar-refractivity contribution in [3.05, 3.63) is 18.0 Å². The third-order valence-corrected chi connectivity index (χ3v) is 3.24. The zero-order valence-electron chi connectivity index (χ0n) is 10.00. The molecule has 2 rings (SSSR count). The third kappa shape index (κ3) is 2.44. The summed E-state index contributed by atoms with van der Waals surface area (Å²) in [4.78, 5) is 24.4. The number of nitrogens with one attached hydrogen (secondary N) is 1. The molecule has 2 atom stereocenters. The summed E-state index contributed by atoms with van der Waals surface area (Å²) < 4.78 is 4.86. The quantitative estimate of drug-likeness (QED) is 0.825. The van der Waals surface area contributed by atoms with Crippen LogP contribution in [0.1, 0.15) is 19.1 Å². The van der Waals surface area contributed by atoms with Crippen LogP contribution in [-0.2, 0) is 11.3 Å². The summed E-state index contributed by atoms with van der Waals surface area (Å²) in [6.07, 6.45) is 1.99. The lowest BCUT2D eigenvalue weighted by molar-refractivity contribution is -0.142.